The van der Waals surface area contributed by atoms with Gasteiger partial charge in [0.25, 0.3) is 0 Å². The highest BCUT2D eigenvalue weighted by Gasteiger charge is 2.56. The summed E-state index contributed by atoms with van der Waals surface area (Å²) in [6.45, 7) is 2.17. The van der Waals surface area contributed by atoms with Gasteiger partial charge in [0.15, 0.2) is 0 Å². The Morgan fingerprint density at radius 2 is 0.920 bits per heavy atom. The first-order chi connectivity index (χ1) is 24.3. The van der Waals surface area contributed by atoms with Crippen molar-refractivity contribution in [2.24, 2.45) is 0 Å². The number of aryl methyl sites for hydroxylation is 1. The van der Waals surface area contributed by atoms with Gasteiger partial charge in [-0.25, -0.2) is 8.42 Å². The lowest BCUT2D eigenvalue weighted by Crippen LogP contribution is -2.70. The van der Waals surface area contributed by atoms with Crippen LogP contribution in [0.5, 0.6) is 0 Å². The maximum absolute atomic E-state index is 14.7. The lowest BCUT2D eigenvalue weighted by atomic mass is 9.82. The second kappa shape index (κ2) is 16.7. The number of sulfonamides is 1. The van der Waals surface area contributed by atoms with Crippen molar-refractivity contribution in [3.63, 3.8) is 0 Å². The van der Waals surface area contributed by atoms with Crippen molar-refractivity contribution in [3.8, 4) is 0 Å². The van der Waals surface area contributed by atoms with Crippen LogP contribution >= 0.6 is 0 Å². The van der Waals surface area contributed by atoms with Crippen LogP contribution < -0.4 is 0 Å². The number of hydrogen-bond donors (Lipinski definition) is 2. The smallest absolute Gasteiger partial charge is 0.243 e. The largest absolute Gasteiger partial charge is 0.389 e. The van der Waals surface area contributed by atoms with E-state index in [1.54, 1.807) is 24.3 Å². The molecule has 0 spiro atoms. The number of benzene rings is 5. The molecule has 1 fully saturated rings. The zero-order valence-corrected chi connectivity index (χ0v) is 28.8. The van der Waals surface area contributed by atoms with E-state index in [1.807, 2.05) is 128 Å². The molecule has 0 unspecified atom stereocenters. The first kappa shape index (κ1) is 35.6. The molecule has 1 aliphatic carbocycles. The predicted molar refractivity (Wildman–Crippen MR) is 191 cm³/mol. The average Bonchev–Trinajstić information content (AvgIpc) is 3.15. The van der Waals surface area contributed by atoms with Crippen molar-refractivity contribution in [3.05, 3.63) is 173 Å². The first-order valence-corrected chi connectivity index (χ1v) is 18.2. The molecular formula is C41H43NO7S. The van der Waals surface area contributed by atoms with Crippen molar-refractivity contribution in [2.45, 2.75) is 74.7 Å². The molecule has 2 N–H and O–H groups in total. The summed E-state index contributed by atoms with van der Waals surface area (Å²) in [7, 11) is -4.27. The highest BCUT2D eigenvalue weighted by molar-refractivity contribution is 7.89. The van der Waals surface area contributed by atoms with E-state index < -0.39 is 46.6 Å². The maximum atomic E-state index is 14.7. The molecule has 0 aliphatic heterocycles. The molecule has 0 aromatic heterocycles. The van der Waals surface area contributed by atoms with Crippen LogP contribution in [0.2, 0.25) is 0 Å². The van der Waals surface area contributed by atoms with E-state index in [-0.39, 0.29) is 31.3 Å². The summed E-state index contributed by atoms with van der Waals surface area (Å²) in [5, 5.41) is 24.0. The molecule has 260 valence electrons. The Morgan fingerprint density at radius 1 is 0.520 bits per heavy atom. The van der Waals surface area contributed by atoms with Crippen molar-refractivity contribution in [2.75, 3.05) is 0 Å². The Hall–Kier alpha value is -4.19. The molecule has 5 aromatic rings. The molecule has 0 saturated heterocycles. The van der Waals surface area contributed by atoms with Crippen molar-refractivity contribution < 1.29 is 32.8 Å². The van der Waals surface area contributed by atoms with Crippen LogP contribution in [0.3, 0.4) is 0 Å². The summed E-state index contributed by atoms with van der Waals surface area (Å²) >= 11 is 0. The van der Waals surface area contributed by atoms with Gasteiger partial charge < -0.3 is 24.4 Å². The molecule has 1 aliphatic rings. The van der Waals surface area contributed by atoms with E-state index in [0.29, 0.717) is 5.56 Å². The molecule has 8 nitrogen and oxygen atoms in total. The number of rotatable bonds is 14. The quantitative estimate of drug-likeness (QED) is 0.146. The van der Waals surface area contributed by atoms with Gasteiger partial charge in [-0.1, -0.05) is 139 Å². The summed E-state index contributed by atoms with van der Waals surface area (Å²) in [6.07, 6.45) is -6.24. The van der Waals surface area contributed by atoms with Crippen LogP contribution in [-0.2, 0) is 50.6 Å². The second-order valence-corrected chi connectivity index (χ2v) is 14.5. The molecular weight excluding hydrogens is 651 g/mol. The van der Waals surface area contributed by atoms with Crippen LogP contribution in [0.1, 0.15) is 27.8 Å². The molecule has 6 atom stereocenters. The average molecular weight is 694 g/mol. The number of nitrogens with zero attached hydrogens (tertiary/aromatic N) is 1. The fraction of sp³-hybridized carbons (Fsp3) is 0.268. The third-order valence-corrected chi connectivity index (χ3v) is 10.9. The lowest BCUT2D eigenvalue weighted by Gasteiger charge is -2.50. The van der Waals surface area contributed by atoms with E-state index in [0.717, 1.165) is 22.3 Å². The molecule has 0 bridgehead atoms. The van der Waals surface area contributed by atoms with Crippen molar-refractivity contribution >= 4 is 10.0 Å². The van der Waals surface area contributed by atoms with Crippen LogP contribution in [0.4, 0.5) is 0 Å². The van der Waals surface area contributed by atoms with Crippen LogP contribution in [0.25, 0.3) is 0 Å². The summed E-state index contributed by atoms with van der Waals surface area (Å²) in [4.78, 5) is 0.0618. The minimum atomic E-state index is -4.27. The molecule has 1 saturated carbocycles. The normalized spacial score (nSPS) is 22.4. The molecule has 0 amide bonds. The van der Waals surface area contributed by atoms with Gasteiger partial charge in [-0.05, 0) is 41.3 Å². The molecule has 9 heteroatoms. The zero-order chi connectivity index (χ0) is 34.9. The van der Waals surface area contributed by atoms with E-state index in [4.69, 9.17) is 14.2 Å². The summed E-state index contributed by atoms with van der Waals surface area (Å²) in [5.41, 5.74) is 4.21. The van der Waals surface area contributed by atoms with E-state index in [2.05, 4.69) is 0 Å². The van der Waals surface area contributed by atoms with Gasteiger partial charge in [0.1, 0.15) is 30.5 Å². The van der Waals surface area contributed by atoms with Crippen LogP contribution in [-0.4, -0.2) is 59.5 Å². The predicted octanol–water partition coefficient (Wildman–Crippen LogP) is 6.05. The van der Waals surface area contributed by atoms with Crippen LogP contribution in [0, 0.1) is 6.92 Å². The second-order valence-electron chi connectivity index (χ2n) is 12.6. The highest BCUT2D eigenvalue weighted by atomic mass is 32.2. The van der Waals surface area contributed by atoms with Gasteiger partial charge >= 0.3 is 0 Å². The summed E-state index contributed by atoms with van der Waals surface area (Å²) in [6, 6.07) is 43.1. The van der Waals surface area contributed by atoms with Gasteiger partial charge in [-0.15, -0.1) is 0 Å². The standard InChI is InChI=1S/C41H43NO7S/c1-30-22-24-35(25-23-30)50(45,46)42(26-31-14-6-2-7-15-31)36-37(43)38(44)40(48-28-33-18-10-4-11-19-33)41(49-29-34-20-12-5-13-21-34)39(36)47-27-32-16-8-3-9-17-32/h2-25,36-41,43-44H,26-29H2,1H3/t36-,37-,38-,39+,40+,41-/m0/s1. The molecule has 0 heterocycles. The van der Waals surface area contributed by atoms with E-state index >= 15 is 0 Å². The fourth-order valence-electron chi connectivity index (χ4n) is 6.34. The third kappa shape index (κ3) is 8.57. The van der Waals surface area contributed by atoms with Gasteiger partial charge in [0, 0.05) is 6.54 Å². The van der Waals surface area contributed by atoms with Gasteiger partial charge in [0.2, 0.25) is 10.0 Å². The molecule has 6 rings (SSSR count). The lowest BCUT2D eigenvalue weighted by molar-refractivity contribution is -0.246. The Bertz CT molecular complexity index is 1860. The Balaban J connectivity index is 1.45. The first-order valence-electron chi connectivity index (χ1n) is 16.8. The Morgan fingerprint density at radius 3 is 1.38 bits per heavy atom. The number of ether oxygens (including phenoxy) is 3. The highest BCUT2D eigenvalue weighted by Crippen LogP contribution is 2.36. The SMILES string of the molecule is Cc1ccc(S(=O)(=O)N(Cc2ccccc2)[C@H]2[C@H](O)[C@H](O)[C@@H](OCc3ccccc3)[C@@H](OCc3ccccc3)[C@@H]2OCc2ccccc2)cc1. The van der Waals surface area contributed by atoms with Crippen LogP contribution in [0.15, 0.2) is 150 Å². The topological polar surface area (TPSA) is 106 Å². The van der Waals surface area contributed by atoms with Crippen molar-refractivity contribution in [1.29, 1.82) is 0 Å². The minimum absolute atomic E-state index is 0.0618. The van der Waals surface area contributed by atoms with E-state index in [9.17, 15) is 18.6 Å². The number of hydrogen-bond acceptors (Lipinski definition) is 7. The Kier molecular flexibility index (Phi) is 11.9. The minimum Gasteiger partial charge on any atom is -0.389 e. The molecule has 50 heavy (non-hydrogen) atoms. The molecule has 0 radical (unpaired) electrons. The molecule has 5 aromatic carbocycles. The number of aliphatic hydroxyl groups is 2. The van der Waals surface area contributed by atoms with Gasteiger partial charge in [-0.2, -0.15) is 4.31 Å². The third-order valence-electron chi connectivity index (χ3n) is 9.02. The van der Waals surface area contributed by atoms with Gasteiger partial charge in [-0.3, -0.25) is 0 Å². The zero-order valence-electron chi connectivity index (χ0n) is 27.9. The van der Waals surface area contributed by atoms with E-state index in [1.165, 1.54) is 4.31 Å². The van der Waals surface area contributed by atoms with Crippen molar-refractivity contribution in [1.82, 2.24) is 4.31 Å². The maximum Gasteiger partial charge on any atom is 0.243 e. The monoisotopic (exact) mass is 693 g/mol. The van der Waals surface area contributed by atoms with Gasteiger partial charge in [0.05, 0.1) is 30.8 Å². The summed E-state index contributed by atoms with van der Waals surface area (Å²) < 4.78 is 50.3. The fourth-order valence-corrected chi connectivity index (χ4v) is 7.97. The summed E-state index contributed by atoms with van der Waals surface area (Å²) in [5.74, 6) is 0. The Labute approximate surface area is 294 Å². The number of aliphatic hydroxyl groups excluding tert-OH is 2.